The van der Waals surface area contributed by atoms with E-state index in [0.29, 0.717) is 98.8 Å². The lowest BCUT2D eigenvalue weighted by molar-refractivity contribution is -0.286. The van der Waals surface area contributed by atoms with Crippen LogP contribution < -0.4 is 25.2 Å². The molecule has 2 bridgehead atoms. The summed E-state index contributed by atoms with van der Waals surface area (Å²) in [5, 5.41) is 14.4. The molecule has 66 heavy (non-hydrogen) atoms. The molecule has 3 saturated heterocycles. The predicted molar refractivity (Wildman–Crippen MR) is 240 cm³/mol. The van der Waals surface area contributed by atoms with Crippen molar-refractivity contribution in [2.24, 2.45) is 5.92 Å². The zero-order valence-corrected chi connectivity index (χ0v) is 36.8. The fourth-order valence-electron chi connectivity index (χ4n) is 10.2. The van der Waals surface area contributed by atoms with Crippen LogP contribution in [-0.4, -0.2) is 97.8 Å². The second kappa shape index (κ2) is 16.6. The molecular formula is C50H51F2N7O7. The van der Waals surface area contributed by atoms with Crippen LogP contribution in [0.1, 0.15) is 78.4 Å². The van der Waals surface area contributed by atoms with Crippen LogP contribution >= 0.6 is 0 Å². The number of hydrogen-bond donors (Lipinski definition) is 2. The van der Waals surface area contributed by atoms with Crippen LogP contribution in [0.5, 0.6) is 11.5 Å². The van der Waals surface area contributed by atoms with Gasteiger partial charge in [0.05, 0.1) is 29.6 Å². The van der Waals surface area contributed by atoms with Crippen LogP contribution in [0.25, 0.3) is 11.3 Å². The van der Waals surface area contributed by atoms with E-state index in [9.17, 15) is 33.1 Å². The number of likely N-dealkylation sites (tertiary alicyclic amines) is 2. The molecular weight excluding hydrogens is 849 g/mol. The van der Waals surface area contributed by atoms with E-state index in [1.54, 1.807) is 18.2 Å². The van der Waals surface area contributed by atoms with Gasteiger partial charge in [-0.2, -0.15) is 0 Å². The number of aryl methyl sites for hydroxylation is 1. The number of nitrogens with zero attached hydrogens (tertiary/aromatic N) is 6. The molecule has 342 valence electrons. The summed E-state index contributed by atoms with van der Waals surface area (Å²) >= 11 is 0. The molecule has 2 aromatic heterocycles. The van der Waals surface area contributed by atoms with Gasteiger partial charge in [-0.3, -0.25) is 23.7 Å². The monoisotopic (exact) mass is 899 g/mol. The highest BCUT2D eigenvalue weighted by Crippen LogP contribution is 2.52. The predicted octanol–water partition coefficient (Wildman–Crippen LogP) is 6.50. The van der Waals surface area contributed by atoms with Crippen molar-refractivity contribution in [3.63, 3.8) is 0 Å². The Morgan fingerprint density at radius 3 is 2.41 bits per heavy atom. The lowest BCUT2D eigenvalue weighted by Gasteiger charge is -2.38. The summed E-state index contributed by atoms with van der Waals surface area (Å²) in [6.07, 6.45) is 0.776. The molecule has 3 aromatic carbocycles. The third-order valence-corrected chi connectivity index (χ3v) is 14.1. The number of anilines is 2. The topological polar surface area (TPSA) is 159 Å². The average Bonchev–Trinajstić information content (AvgIpc) is 3.99. The summed E-state index contributed by atoms with van der Waals surface area (Å²) in [6, 6.07) is 26.7. The van der Waals surface area contributed by atoms with Crippen LogP contribution in [0, 0.1) is 12.8 Å². The first-order chi connectivity index (χ1) is 31.6. The third-order valence-electron chi connectivity index (χ3n) is 14.1. The van der Waals surface area contributed by atoms with E-state index in [2.05, 4.69) is 24.7 Å². The molecule has 1 aliphatic carbocycles. The Morgan fingerprint density at radius 2 is 1.65 bits per heavy atom. The quantitative estimate of drug-likeness (QED) is 0.150. The van der Waals surface area contributed by atoms with Gasteiger partial charge >= 0.3 is 6.29 Å². The molecule has 1 saturated carbocycles. The Bertz CT molecular complexity index is 2770. The highest BCUT2D eigenvalue weighted by Gasteiger charge is 2.53. The van der Waals surface area contributed by atoms with E-state index < -0.39 is 17.3 Å². The van der Waals surface area contributed by atoms with Crippen molar-refractivity contribution in [2.45, 2.75) is 88.2 Å². The molecule has 14 nitrogen and oxygen atoms in total. The summed E-state index contributed by atoms with van der Waals surface area (Å²) in [5.74, 6) is 0.563. The normalized spacial score (nSPS) is 21.3. The number of carbonyl (C=O) groups is 3. The van der Waals surface area contributed by atoms with Gasteiger partial charge in [0.2, 0.25) is 11.8 Å². The van der Waals surface area contributed by atoms with Crippen LogP contribution in [-0.2, 0) is 21.5 Å². The molecule has 10 rings (SSSR count). The van der Waals surface area contributed by atoms with Crippen molar-refractivity contribution in [1.82, 2.24) is 24.3 Å². The number of nitrogens with one attached hydrogen (secondary N) is 1. The number of fused-ring (bicyclic) bond motifs is 3. The van der Waals surface area contributed by atoms with E-state index in [0.717, 1.165) is 17.5 Å². The maximum absolute atomic E-state index is 14.1. The lowest BCUT2D eigenvalue weighted by Crippen LogP contribution is -2.50. The summed E-state index contributed by atoms with van der Waals surface area (Å²) in [7, 11) is 0. The number of halogens is 2. The van der Waals surface area contributed by atoms with Gasteiger partial charge in [0.1, 0.15) is 11.6 Å². The molecule has 5 aromatic rings. The highest BCUT2D eigenvalue weighted by atomic mass is 19.3. The van der Waals surface area contributed by atoms with Gasteiger partial charge in [0, 0.05) is 62.4 Å². The molecule has 4 aliphatic heterocycles. The molecule has 0 unspecified atom stereocenters. The van der Waals surface area contributed by atoms with E-state index in [1.807, 2.05) is 78.2 Å². The number of ether oxygens (including phenoxy) is 2. The zero-order valence-electron chi connectivity index (χ0n) is 36.8. The van der Waals surface area contributed by atoms with Crippen molar-refractivity contribution >= 4 is 29.4 Å². The Kier molecular flexibility index (Phi) is 10.9. The van der Waals surface area contributed by atoms with Gasteiger partial charge in [-0.05, 0) is 97.9 Å². The number of aromatic nitrogens is 3. The summed E-state index contributed by atoms with van der Waals surface area (Å²) in [4.78, 5) is 69.7. The molecule has 0 radical (unpaired) electrons. The average molecular weight is 900 g/mol. The maximum atomic E-state index is 14.1. The molecule has 0 spiro atoms. The van der Waals surface area contributed by atoms with Crippen molar-refractivity contribution < 1.29 is 37.7 Å². The molecule has 3 atom stereocenters. The Labute approximate surface area is 380 Å². The van der Waals surface area contributed by atoms with Crippen molar-refractivity contribution in [1.29, 1.82) is 0 Å². The zero-order chi connectivity index (χ0) is 46.0. The summed E-state index contributed by atoms with van der Waals surface area (Å²) in [5.41, 5.74) is 1.98. The first-order valence-electron chi connectivity index (χ1n) is 22.6. The summed E-state index contributed by atoms with van der Waals surface area (Å²) in [6.45, 7) is 6.52. The molecule has 5 aliphatic rings. The SMILES string of the molecule is Cc1ccc(NC(=O)C2(c3ccc4c(c3)OC(F)(F)O4)CC2)nc1-c1cccc(C(=O)N2C[C@@H]3C[C@H](C2)N(c2cc(=O)n(CC4(O)CCN(C(=O)C[C@@H](C)c5ccccc5)CC4)cn2)C3)c1. The van der Waals surface area contributed by atoms with Gasteiger partial charge in [-0.15, -0.1) is 8.78 Å². The fourth-order valence-corrected chi connectivity index (χ4v) is 10.2. The highest BCUT2D eigenvalue weighted by molar-refractivity contribution is 6.01. The van der Waals surface area contributed by atoms with Gasteiger partial charge in [-0.25, -0.2) is 9.97 Å². The van der Waals surface area contributed by atoms with Crippen LogP contribution in [0.15, 0.2) is 102 Å². The van der Waals surface area contributed by atoms with Crippen molar-refractivity contribution in [3.05, 3.63) is 130 Å². The van der Waals surface area contributed by atoms with E-state index >= 15 is 0 Å². The largest absolute Gasteiger partial charge is 0.586 e. The number of hydrogen-bond acceptors (Lipinski definition) is 10. The van der Waals surface area contributed by atoms with Crippen LogP contribution in [0.3, 0.4) is 0 Å². The first kappa shape index (κ1) is 43.2. The third kappa shape index (κ3) is 8.49. The fraction of sp³-hybridized carbons (Fsp3) is 0.400. The Hall–Kier alpha value is -6.68. The van der Waals surface area contributed by atoms with Gasteiger partial charge in [0.15, 0.2) is 11.5 Å². The number of rotatable bonds is 11. The van der Waals surface area contributed by atoms with Gasteiger partial charge < -0.3 is 34.6 Å². The van der Waals surface area contributed by atoms with Gasteiger partial charge in [0.25, 0.3) is 11.5 Å². The van der Waals surface area contributed by atoms with Crippen LogP contribution in [0.2, 0.25) is 0 Å². The van der Waals surface area contributed by atoms with Crippen LogP contribution in [0.4, 0.5) is 20.4 Å². The molecule has 6 heterocycles. The molecule has 2 N–H and O–H groups in total. The number of alkyl halides is 2. The number of amides is 3. The van der Waals surface area contributed by atoms with E-state index in [4.69, 9.17) is 4.98 Å². The molecule has 3 amide bonds. The van der Waals surface area contributed by atoms with Crippen molar-refractivity contribution in [3.8, 4) is 22.8 Å². The van der Waals surface area contributed by atoms with Gasteiger partial charge in [-0.1, -0.05) is 61.5 Å². The van der Waals surface area contributed by atoms with E-state index in [-0.39, 0.29) is 59.2 Å². The second-order valence-corrected chi connectivity index (χ2v) is 18.8. The molecule has 16 heteroatoms. The minimum atomic E-state index is -3.76. The lowest BCUT2D eigenvalue weighted by atomic mass is 9.90. The number of piperidine rings is 2. The molecule has 4 fully saturated rings. The Morgan fingerprint density at radius 1 is 0.879 bits per heavy atom. The number of pyridine rings is 1. The minimum absolute atomic E-state index is 0.0353. The standard InChI is InChI=1S/C50H51F2N7O7/c1-31-11-14-41(55-47(63)49(15-16-49)37-12-13-39-40(24-37)66-50(51,52)65-39)54-45(31)35-9-6-10-36(23-35)46(62)57-26-33-22-38(28-57)59(27-33)42-25-44(61)58(30-53-42)29-48(64)17-19-56(20-18-48)43(60)21-32(2)34-7-4-3-5-8-34/h3-14,23-25,30,32-33,38,64H,15-22,26-29H2,1-2H3,(H,54,55,63)/t32-,33+,38-/m1/s1. The van der Waals surface area contributed by atoms with Crippen molar-refractivity contribution in [2.75, 3.05) is 42.9 Å². The Balaban J connectivity index is 0.759. The number of aliphatic hydroxyl groups is 1. The maximum Gasteiger partial charge on any atom is 0.586 e. The second-order valence-electron chi connectivity index (χ2n) is 18.8. The summed E-state index contributed by atoms with van der Waals surface area (Å²) < 4.78 is 38.0. The first-order valence-corrected chi connectivity index (χ1v) is 22.6. The van der Waals surface area contributed by atoms with E-state index in [1.165, 1.54) is 29.1 Å². The smallest absolute Gasteiger partial charge is 0.395 e. The number of benzene rings is 3. The number of carbonyl (C=O) groups excluding carboxylic acids is 3. The minimum Gasteiger partial charge on any atom is -0.395 e.